The summed E-state index contributed by atoms with van der Waals surface area (Å²) in [4.78, 5) is 31.2. The molecule has 0 bridgehead atoms. The van der Waals surface area contributed by atoms with Gasteiger partial charge in [0.05, 0.1) is 6.04 Å². The van der Waals surface area contributed by atoms with Gasteiger partial charge in [0, 0.05) is 38.8 Å². The Labute approximate surface area is 143 Å². The Balaban J connectivity index is 1.76. The SMILES string of the molecule is CCc1nccn1[C@H]1CCCN(C(=O)[C@](C)(NC(C)=O)C2CC2)C1. The zero-order chi connectivity index (χ0) is 17.3. The minimum Gasteiger partial charge on any atom is -0.342 e. The van der Waals surface area contributed by atoms with Crippen molar-refractivity contribution >= 4 is 11.8 Å². The highest BCUT2D eigenvalue weighted by atomic mass is 16.2. The fraction of sp³-hybridized carbons (Fsp3) is 0.722. The highest BCUT2D eigenvalue weighted by Crippen LogP contribution is 2.41. The highest BCUT2D eigenvalue weighted by Gasteiger charge is 2.50. The summed E-state index contributed by atoms with van der Waals surface area (Å²) in [7, 11) is 0. The number of carbonyl (C=O) groups excluding carboxylic acids is 2. The van der Waals surface area contributed by atoms with Gasteiger partial charge in [0.1, 0.15) is 11.4 Å². The molecule has 1 saturated heterocycles. The van der Waals surface area contributed by atoms with Crippen molar-refractivity contribution in [1.29, 1.82) is 0 Å². The van der Waals surface area contributed by atoms with Gasteiger partial charge in [-0.3, -0.25) is 9.59 Å². The van der Waals surface area contributed by atoms with Crippen LogP contribution in [0.2, 0.25) is 0 Å². The standard InChI is InChI=1S/C18H28N4O2/c1-4-16-19-9-11-22(16)15-6-5-10-21(12-15)17(24)18(3,14-7-8-14)20-13(2)23/h9,11,14-15H,4-8,10,12H2,1-3H3,(H,20,23)/t15-,18+/m0/s1. The molecule has 3 rings (SSSR count). The van der Waals surface area contributed by atoms with Gasteiger partial charge in [-0.2, -0.15) is 0 Å². The summed E-state index contributed by atoms with van der Waals surface area (Å²) >= 11 is 0. The Morgan fingerprint density at radius 2 is 2.12 bits per heavy atom. The number of hydrogen-bond donors (Lipinski definition) is 1. The molecule has 1 N–H and O–H groups in total. The highest BCUT2D eigenvalue weighted by molar-refractivity contribution is 5.91. The van der Waals surface area contributed by atoms with Crippen molar-refractivity contribution in [1.82, 2.24) is 19.8 Å². The van der Waals surface area contributed by atoms with Crippen LogP contribution in [-0.2, 0) is 16.0 Å². The van der Waals surface area contributed by atoms with Crippen LogP contribution in [0.5, 0.6) is 0 Å². The topological polar surface area (TPSA) is 67.2 Å². The predicted octanol–water partition coefficient (Wildman–Crippen LogP) is 1.91. The quantitative estimate of drug-likeness (QED) is 0.896. The van der Waals surface area contributed by atoms with E-state index < -0.39 is 5.54 Å². The fourth-order valence-corrected chi connectivity index (χ4v) is 4.00. The van der Waals surface area contributed by atoms with Gasteiger partial charge in [-0.05, 0) is 38.5 Å². The van der Waals surface area contributed by atoms with Gasteiger partial charge in [0.2, 0.25) is 11.8 Å². The average Bonchev–Trinajstić information content (AvgIpc) is 3.32. The molecule has 0 spiro atoms. The lowest BCUT2D eigenvalue weighted by atomic mass is 9.92. The van der Waals surface area contributed by atoms with E-state index >= 15 is 0 Å². The third-order valence-corrected chi connectivity index (χ3v) is 5.42. The number of carbonyl (C=O) groups is 2. The number of nitrogens with one attached hydrogen (secondary N) is 1. The summed E-state index contributed by atoms with van der Waals surface area (Å²) in [6.45, 7) is 6.96. The van der Waals surface area contributed by atoms with Crippen LogP contribution in [0.1, 0.15) is 58.3 Å². The van der Waals surface area contributed by atoms with Crippen molar-refractivity contribution in [3.8, 4) is 0 Å². The third kappa shape index (κ3) is 3.19. The molecule has 6 heteroatoms. The lowest BCUT2D eigenvalue weighted by Gasteiger charge is -2.40. The van der Waals surface area contributed by atoms with E-state index in [2.05, 4.69) is 21.8 Å². The molecule has 2 fully saturated rings. The van der Waals surface area contributed by atoms with Crippen LogP contribution in [0, 0.1) is 5.92 Å². The van der Waals surface area contributed by atoms with E-state index in [0.29, 0.717) is 6.54 Å². The van der Waals surface area contributed by atoms with E-state index in [1.54, 1.807) is 0 Å². The summed E-state index contributed by atoms with van der Waals surface area (Å²) in [6, 6.07) is 0.279. The van der Waals surface area contributed by atoms with E-state index in [0.717, 1.165) is 44.5 Å². The van der Waals surface area contributed by atoms with Crippen molar-refractivity contribution in [2.75, 3.05) is 13.1 Å². The van der Waals surface area contributed by atoms with Crippen molar-refractivity contribution in [2.45, 2.75) is 64.5 Å². The molecular formula is C18H28N4O2. The van der Waals surface area contributed by atoms with Crippen LogP contribution in [-0.4, -0.2) is 44.9 Å². The van der Waals surface area contributed by atoms with Crippen molar-refractivity contribution < 1.29 is 9.59 Å². The lowest BCUT2D eigenvalue weighted by Crippen LogP contribution is -2.60. The molecule has 6 nitrogen and oxygen atoms in total. The van der Waals surface area contributed by atoms with Gasteiger partial charge in [0.25, 0.3) is 0 Å². The van der Waals surface area contributed by atoms with Gasteiger partial charge in [-0.15, -0.1) is 0 Å². The Kier molecular flexibility index (Phi) is 4.65. The van der Waals surface area contributed by atoms with E-state index in [-0.39, 0.29) is 23.8 Å². The average molecular weight is 332 g/mol. The molecular weight excluding hydrogens is 304 g/mol. The van der Waals surface area contributed by atoms with Crippen LogP contribution < -0.4 is 5.32 Å². The first kappa shape index (κ1) is 17.0. The van der Waals surface area contributed by atoms with Crippen LogP contribution >= 0.6 is 0 Å². The second kappa shape index (κ2) is 6.57. The maximum absolute atomic E-state index is 13.2. The second-order valence-corrected chi connectivity index (χ2v) is 7.31. The number of aryl methyl sites for hydroxylation is 1. The largest absolute Gasteiger partial charge is 0.342 e. The fourth-order valence-electron chi connectivity index (χ4n) is 4.00. The number of rotatable bonds is 5. The number of piperidine rings is 1. The lowest BCUT2D eigenvalue weighted by molar-refractivity contribution is -0.143. The Bertz CT molecular complexity index is 622. The minimum absolute atomic E-state index is 0.0723. The number of amides is 2. The smallest absolute Gasteiger partial charge is 0.248 e. The van der Waals surface area contributed by atoms with Crippen LogP contribution in [0.3, 0.4) is 0 Å². The molecule has 1 aliphatic heterocycles. The molecule has 2 amide bonds. The summed E-state index contributed by atoms with van der Waals surface area (Å²) in [5, 5.41) is 2.94. The third-order valence-electron chi connectivity index (χ3n) is 5.42. The first-order chi connectivity index (χ1) is 11.5. The number of imidazole rings is 1. The first-order valence-corrected chi connectivity index (χ1v) is 9.05. The van der Waals surface area contributed by atoms with Gasteiger partial charge >= 0.3 is 0 Å². The molecule has 1 aromatic rings. The van der Waals surface area contributed by atoms with Crippen LogP contribution in [0.15, 0.2) is 12.4 Å². The molecule has 0 radical (unpaired) electrons. The second-order valence-electron chi connectivity index (χ2n) is 7.31. The molecule has 2 aliphatic rings. The van der Waals surface area contributed by atoms with Crippen LogP contribution in [0.4, 0.5) is 0 Å². The number of hydrogen-bond acceptors (Lipinski definition) is 3. The van der Waals surface area contributed by atoms with E-state index in [4.69, 9.17) is 0 Å². The van der Waals surface area contributed by atoms with Gasteiger partial charge < -0.3 is 14.8 Å². The Hall–Kier alpha value is -1.85. The van der Waals surface area contributed by atoms with E-state index in [1.165, 1.54) is 6.92 Å². The summed E-state index contributed by atoms with van der Waals surface area (Å²) < 4.78 is 2.21. The normalized spacial score (nSPS) is 23.6. The maximum Gasteiger partial charge on any atom is 0.248 e. The summed E-state index contributed by atoms with van der Waals surface area (Å²) in [5.74, 6) is 1.28. The molecule has 2 atom stereocenters. The molecule has 132 valence electrons. The predicted molar refractivity (Wildman–Crippen MR) is 91.4 cm³/mol. The number of aromatic nitrogens is 2. The van der Waals surface area contributed by atoms with Crippen molar-refractivity contribution in [3.63, 3.8) is 0 Å². The monoisotopic (exact) mass is 332 g/mol. The number of likely N-dealkylation sites (tertiary alicyclic amines) is 1. The minimum atomic E-state index is -0.754. The number of nitrogens with zero attached hydrogens (tertiary/aromatic N) is 3. The van der Waals surface area contributed by atoms with Gasteiger partial charge in [0.15, 0.2) is 0 Å². The molecule has 2 heterocycles. The van der Waals surface area contributed by atoms with E-state index in [1.807, 2.05) is 24.2 Å². The first-order valence-electron chi connectivity index (χ1n) is 9.05. The van der Waals surface area contributed by atoms with Gasteiger partial charge in [-0.25, -0.2) is 4.98 Å². The Morgan fingerprint density at radius 3 is 2.75 bits per heavy atom. The molecule has 0 aromatic carbocycles. The van der Waals surface area contributed by atoms with Crippen molar-refractivity contribution in [3.05, 3.63) is 18.2 Å². The zero-order valence-corrected chi connectivity index (χ0v) is 14.9. The molecule has 1 aliphatic carbocycles. The van der Waals surface area contributed by atoms with Crippen molar-refractivity contribution in [2.24, 2.45) is 5.92 Å². The molecule has 1 saturated carbocycles. The summed E-state index contributed by atoms with van der Waals surface area (Å²) in [5.41, 5.74) is -0.754. The van der Waals surface area contributed by atoms with Crippen LogP contribution in [0.25, 0.3) is 0 Å². The van der Waals surface area contributed by atoms with E-state index in [9.17, 15) is 9.59 Å². The summed E-state index contributed by atoms with van der Waals surface area (Å²) in [6.07, 6.45) is 8.83. The molecule has 0 unspecified atom stereocenters. The van der Waals surface area contributed by atoms with Gasteiger partial charge in [-0.1, -0.05) is 6.92 Å². The molecule has 1 aromatic heterocycles. The maximum atomic E-state index is 13.2. The molecule has 24 heavy (non-hydrogen) atoms. The zero-order valence-electron chi connectivity index (χ0n) is 14.9. The Morgan fingerprint density at radius 1 is 1.38 bits per heavy atom.